The van der Waals surface area contributed by atoms with Crippen LogP contribution in [0.1, 0.15) is 25.5 Å². The lowest BCUT2D eigenvalue weighted by Gasteiger charge is -2.37. The summed E-state index contributed by atoms with van der Waals surface area (Å²) in [6, 6.07) is 6.36. The average molecular weight is 363 g/mol. The van der Waals surface area contributed by atoms with Crippen molar-refractivity contribution in [1.82, 2.24) is 14.7 Å². The van der Waals surface area contributed by atoms with E-state index in [0.29, 0.717) is 32.2 Å². The molecule has 1 amide bonds. The van der Waals surface area contributed by atoms with E-state index in [4.69, 9.17) is 4.74 Å². The molecule has 2 aliphatic rings. The molecule has 1 atom stereocenters. The lowest BCUT2D eigenvalue weighted by atomic mass is 10.1. The highest BCUT2D eigenvalue weighted by Gasteiger charge is 2.27. The minimum atomic E-state index is -0.255. The van der Waals surface area contributed by atoms with Crippen molar-refractivity contribution in [1.29, 1.82) is 0 Å². The Morgan fingerprint density at radius 1 is 1.12 bits per heavy atom. The topological polar surface area (TPSA) is 36.0 Å². The van der Waals surface area contributed by atoms with E-state index in [-0.39, 0.29) is 17.8 Å². The fourth-order valence-electron chi connectivity index (χ4n) is 3.69. The molecule has 6 heteroatoms. The van der Waals surface area contributed by atoms with Gasteiger partial charge in [0.15, 0.2) is 0 Å². The molecule has 0 N–H and O–H groups in total. The molecular formula is C20H30FN3O2. The Bertz CT molecular complexity index is 585. The van der Waals surface area contributed by atoms with E-state index in [2.05, 4.69) is 23.6 Å². The average Bonchev–Trinajstić information content (AvgIpc) is 2.63. The Morgan fingerprint density at radius 2 is 1.77 bits per heavy atom. The van der Waals surface area contributed by atoms with E-state index in [1.807, 2.05) is 4.90 Å². The lowest BCUT2D eigenvalue weighted by molar-refractivity contribution is -0.140. The SMILES string of the molecule is CC(C)CN1CCN(CC(=O)N2CCOC(c3ccc(F)cc3)C2)CC1. The molecule has 0 bridgehead atoms. The van der Waals surface area contributed by atoms with Gasteiger partial charge in [-0.3, -0.25) is 9.69 Å². The molecule has 26 heavy (non-hydrogen) atoms. The number of halogens is 1. The number of piperazine rings is 1. The van der Waals surface area contributed by atoms with Gasteiger partial charge in [0.1, 0.15) is 11.9 Å². The van der Waals surface area contributed by atoms with Crippen molar-refractivity contribution in [3.8, 4) is 0 Å². The van der Waals surface area contributed by atoms with Crippen LogP contribution in [0.4, 0.5) is 4.39 Å². The number of morpholine rings is 1. The Balaban J connectivity index is 1.48. The number of ether oxygens (including phenoxy) is 1. The molecule has 0 saturated carbocycles. The number of amides is 1. The largest absolute Gasteiger partial charge is 0.370 e. The van der Waals surface area contributed by atoms with Crippen LogP contribution in [-0.2, 0) is 9.53 Å². The molecule has 144 valence electrons. The number of benzene rings is 1. The van der Waals surface area contributed by atoms with Crippen molar-refractivity contribution >= 4 is 5.91 Å². The maximum absolute atomic E-state index is 13.1. The van der Waals surface area contributed by atoms with E-state index in [9.17, 15) is 9.18 Å². The number of rotatable bonds is 5. The third-order valence-corrected chi connectivity index (χ3v) is 5.11. The van der Waals surface area contributed by atoms with Crippen molar-refractivity contribution in [2.45, 2.75) is 20.0 Å². The molecule has 0 aliphatic carbocycles. The monoisotopic (exact) mass is 363 g/mol. The summed E-state index contributed by atoms with van der Waals surface area (Å²) in [5.74, 6) is 0.590. The molecule has 3 rings (SSSR count). The van der Waals surface area contributed by atoms with Gasteiger partial charge in [-0.25, -0.2) is 4.39 Å². The van der Waals surface area contributed by atoms with Crippen molar-refractivity contribution in [2.75, 3.05) is 59.0 Å². The Kier molecular flexibility index (Phi) is 6.62. The van der Waals surface area contributed by atoms with Gasteiger partial charge in [-0.1, -0.05) is 26.0 Å². The summed E-state index contributed by atoms with van der Waals surface area (Å²) in [7, 11) is 0. The second-order valence-corrected chi connectivity index (χ2v) is 7.72. The van der Waals surface area contributed by atoms with Crippen molar-refractivity contribution < 1.29 is 13.9 Å². The van der Waals surface area contributed by atoms with Crippen molar-refractivity contribution in [3.05, 3.63) is 35.6 Å². The van der Waals surface area contributed by atoms with Crippen LogP contribution in [0.5, 0.6) is 0 Å². The molecule has 0 radical (unpaired) electrons. The maximum atomic E-state index is 13.1. The van der Waals surface area contributed by atoms with Gasteiger partial charge in [0.05, 0.1) is 19.7 Å². The Labute approximate surface area is 155 Å². The summed E-state index contributed by atoms with van der Waals surface area (Å²) in [6.07, 6.45) is -0.170. The van der Waals surface area contributed by atoms with E-state index < -0.39 is 0 Å². The van der Waals surface area contributed by atoms with Crippen LogP contribution in [0.2, 0.25) is 0 Å². The number of hydrogen-bond acceptors (Lipinski definition) is 4. The van der Waals surface area contributed by atoms with Crippen LogP contribution in [0.25, 0.3) is 0 Å². The number of carbonyl (C=O) groups is 1. The molecule has 5 nitrogen and oxygen atoms in total. The van der Waals surface area contributed by atoms with Gasteiger partial charge in [-0.15, -0.1) is 0 Å². The minimum Gasteiger partial charge on any atom is -0.370 e. The Hall–Kier alpha value is -1.50. The third kappa shape index (κ3) is 5.25. The van der Waals surface area contributed by atoms with Crippen LogP contribution < -0.4 is 0 Å². The summed E-state index contributed by atoms with van der Waals surface area (Å²) in [5.41, 5.74) is 0.922. The zero-order valence-corrected chi connectivity index (χ0v) is 15.9. The first-order valence-corrected chi connectivity index (χ1v) is 9.61. The second kappa shape index (κ2) is 8.93. The van der Waals surface area contributed by atoms with Gasteiger partial charge in [-0.2, -0.15) is 0 Å². The molecule has 0 spiro atoms. The van der Waals surface area contributed by atoms with Crippen LogP contribution >= 0.6 is 0 Å². The molecule has 1 aromatic carbocycles. The molecule has 2 fully saturated rings. The molecule has 2 aliphatic heterocycles. The van der Waals surface area contributed by atoms with Gasteiger partial charge in [0, 0.05) is 39.3 Å². The number of nitrogens with zero attached hydrogens (tertiary/aromatic N) is 3. The molecular weight excluding hydrogens is 333 g/mol. The standard InChI is InChI=1S/C20H30FN3O2/c1-16(2)13-22-7-9-23(10-8-22)15-20(25)24-11-12-26-19(14-24)17-3-5-18(21)6-4-17/h3-6,16,19H,7-15H2,1-2H3. The highest BCUT2D eigenvalue weighted by molar-refractivity contribution is 5.78. The normalized spacial score (nSPS) is 22.8. The molecule has 1 unspecified atom stereocenters. The van der Waals surface area contributed by atoms with E-state index >= 15 is 0 Å². The van der Waals surface area contributed by atoms with Gasteiger partial charge in [0.25, 0.3) is 0 Å². The predicted molar refractivity (Wildman–Crippen MR) is 99.4 cm³/mol. The zero-order chi connectivity index (χ0) is 18.5. The molecule has 2 heterocycles. The number of carbonyl (C=O) groups excluding carboxylic acids is 1. The van der Waals surface area contributed by atoms with Crippen LogP contribution in [0, 0.1) is 11.7 Å². The summed E-state index contributed by atoms with van der Waals surface area (Å²) in [5, 5.41) is 0. The fraction of sp³-hybridized carbons (Fsp3) is 0.650. The number of hydrogen-bond donors (Lipinski definition) is 0. The van der Waals surface area contributed by atoms with Crippen molar-refractivity contribution in [3.63, 3.8) is 0 Å². The quantitative estimate of drug-likeness (QED) is 0.802. The minimum absolute atomic E-state index is 0.165. The first kappa shape index (κ1) is 19.3. The first-order chi connectivity index (χ1) is 12.5. The van der Waals surface area contributed by atoms with Crippen LogP contribution in [0.3, 0.4) is 0 Å². The Morgan fingerprint density at radius 3 is 2.42 bits per heavy atom. The van der Waals surface area contributed by atoms with Crippen molar-refractivity contribution in [2.24, 2.45) is 5.92 Å². The van der Waals surface area contributed by atoms with Crippen LogP contribution in [-0.4, -0.2) is 79.6 Å². The predicted octanol–water partition coefficient (Wildman–Crippen LogP) is 2.00. The third-order valence-electron chi connectivity index (χ3n) is 5.11. The summed E-state index contributed by atoms with van der Waals surface area (Å²) < 4.78 is 18.9. The zero-order valence-electron chi connectivity index (χ0n) is 15.9. The second-order valence-electron chi connectivity index (χ2n) is 7.72. The summed E-state index contributed by atoms with van der Waals surface area (Å²) in [6.45, 7) is 11.7. The molecule has 0 aromatic heterocycles. The smallest absolute Gasteiger partial charge is 0.236 e. The van der Waals surface area contributed by atoms with Gasteiger partial charge >= 0.3 is 0 Å². The van der Waals surface area contributed by atoms with E-state index in [1.54, 1.807) is 12.1 Å². The summed E-state index contributed by atoms with van der Waals surface area (Å²) >= 11 is 0. The lowest BCUT2D eigenvalue weighted by Crippen LogP contribution is -2.52. The van der Waals surface area contributed by atoms with Gasteiger partial charge in [0.2, 0.25) is 5.91 Å². The first-order valence-electron chi connectivity index (χ1n) is 9.61. The highest BCUT2D eigenvalue weighted by Crippen LogP contribution is 2.22. The van der Waals surface area contributed by atoms with E-state index in [1.165, 1.54) is 12.1 Å². The molecule has 1 aromatic rings. The summed E-state index contributed by atoms with van der Waals surface area (Å²) in [4.78, 5) is 19.3. The maximum Gasteiger partial charge on any atom is 0.236 e. The van der Waals surface area contributed by atoms with Gasteiger partial charge in [-0.05, 0) is 23.6 Å². The van der Waals surface area contributed by atoms with Gasteiger partial charge < -0.3 is 14.5 Å². The highest BCUT2D eigenvalue weighted by atomic mass is 19.1. The molecule has 2 saturated heterocycles. The van der Waals surface area contributed by atoms with Crippen LogP contribution in [0.15, 0.2) is 24.3 Å². The fourth-order valence-corrected chi connectivity index (χ4v) is 3.69. The van der Waals surface area contributed by atoms with E-state index in [0.717, 1.165) is 38.3 Å².